The second kappa shape index (κ2) is 7.82. The van der Waals surface area contributed by atoms with E-state index in [1.807, 2.05) is 11.8 Å². The predicted octanol–water partition coefficient (Wildman–Crippen LogP) is 1.25. The third-order valence-corrected chi connectivity index (χ3v) is 6.27. The van der Waals surface area contributed by atoms with Crippen molar-refractivity contribution in [3.8, 4) is 0 Å². The van der Waals surface area contributed by atoms with Gasteiger partial charge in [0.1, 0.15) is 6.54 Å². The van der Waals surface area contributed by atoms with E-state index in [0.29, 0.717) is 18.7 Å². The summed E-state index contributed by atoms with van der Waals surface area (Å²) < 4.78 is 23.6. The highest BCUT2D eigenvalue weighted by molar-refractivity contribution is 7.90. The van der Waals surface area contributed by atoms with Crippen LogP contribution >= 0.6 is 0 Å². The first-order valence-electron chi connectivity index (χ1n) is 9.23. The molecule has 0 radical (unpaired) electrons. The van der Waals surface area contributed by atoms with Gasteiger partial charge in [0, 0.05) is 17.4 Å². The number of nitrogens with one attached hydrogen (secondary N) is 1. The molecule has 6 heteroatoms. The second-order valence-electron chi connectivity index (χ2n) is 7.46. The van der Waals surface area contributed by atoms with Gasteiger partial charge in [-0.2, -0.15) is 0 Å². The molecule has 0 bridgehead atoms. The summed E-state index contributed by atoms with van der Waals surface area (Å²) in [6.07, 6.45) is 1.17. The van der Waals surface area contributed by atoms with Crippen LogP contribution in [0, 0.1) is 13.8 Å². The lowest BCUT2D eigenvalue weighted by molar-refractivity contribution is -0.917. The number of hydrogen-bond acceptors (Lipinski definition) is 3. The molecule has 1 fully saturated rings. The average Bonchev–Trinajstić information content (AvgIpc) is 2.61. The van der Waals surface area contributed by atoms with Crippen LogP contribution in [0.3, 0.4) is 0 Å². The molecule has 5 nitrogen and oxygen atoms in total. The SMILES string of the molecule is Cc1cccc(C[NH+]2CCN(C(=O)c3cc(S(C)(=O)=O)ccc3C)CC2)c1. The molecule has 3 rings (SSSR count). The Balaban J connectivity index is 1.67. The molecule has 0 atom stereocenters. The minimum Gasteiger partial charge on any atom is -0.328 e. The van der Waals surface area contributed by atoms with Crippen molar-refractivity contribution in [2.45, 2.75) is 25.3 Å². The normalized spacial score (nSPS) is 15.7. The number of benzene rings is 2. The molecule has 1 saturated heterocycles. The maximum atomic E-state index is 12.9. The molecule has 1 aliphatic heterocycles. The molecule has 0 spiro atoms. The van der Waals surface area contributed by atoms with Crippen LogP contribution in [0.5, 0.6) is 0 Å². The Bertz CT molecular complexity index is 946. The van der Waals surface area contributed by atoms with Crippen molar-refractivity contribution in [1.82, 2.24) is 4.90 Å². The van der Waals surface area contributed by atoms with Crippen LogP contribution in [-0.4, -0.2) is 51.7 Å². The predicted molar refractivity (Wildman–Crippen MR) is 106 cm³/mol. The number of sulfone groups is 1. The Morgan fingerprint density at radius 2 is 1.78 bits per heavy atom. The summed E-state index contributed by atoms with van der Waals surface area (Å²) >= 11 is 0. The first-order valence-corrected chi connectivity index (χ1v) is 11.1. The monoisotopic (exact) mass is 387 g/mol. The summed E-state index contributed by atoms with van der Waals surface area (Å²) in [6.45, 7) is 8.06. The van der Waals surface area contributed by atoms with E-state index in [1.54, 1.807) is 12.1 Å². The Kier molecular flexibility index (Phi) is 5.67. The molecular weight excluding hydrogens is 360 g/mol. The van der Waals surface area contributed by atoms with Crippen molar-refractivity contribution >= 4 is 15.7 Å². The van der Waals surface area contributed by atoms with Gasteiger partial charge in [0.25, 0.3) is 5.91 Å². The van der Waals surface area contributed by atoms with Crippen LogP contribution in [0.25, 0.3) is 0 Å². The van der Waals surface area contributed by atoms with E-state index in [4.69, 9.17) is 0 Å². The van der Waals surface area contributed by atoms with Crippen LogP contribution in [0.1, 0.15) is 27.0 Å². The molecular formula is C21H27N2O3S+. The maximum Gasteiger partial charge on any atom is 0.254 e. The van der Waals surface area contributed by atoms with E-state index in [9.17, 15) is 13.2 Å². The second-order valence-corrected chi connectivity index (χ2v) is 9.47. The Morgan fingerprint density at radius 3 is 2.41 bits per heavy atom. The number of carbonyl (C=O) groups is 1. The molecule has 0 unspecified atom stereocenters. The fourth-order valence-corrected chi connectivity index (χ4v) is 4.19. The van der Waals surface area contributed by atoms with Crippen LogP contribution < -0.4 is 4.90 Å². The van der Waals surface area contributed by atoms with Crippen molar-refractivity contribution in [1.29, 1.82) is 0 Å². The average molecular weight is 388 g/mol. The van der Waals surface area contributed by atoms with Crippen LogP contribution in [0.15, 0.2) is 47.4 Å². The van der Waals surface area contributed by atoms with Gasteiger partial charge in [-0.1, -0.05) is 35.9 Å². The summed E-state index contributed by atoms with van der Waals surface area (Å²) in [4.78, 5) is 16.4. The Morgan fingerprint density at radius 1 is 1.07 bits per heavy atom. The molecule has 0 saturated carbocycles. The number of hydrogen-bond donors (Lipinski definition) is 1. The molecule has 1 aliphatic rings. The lowest BCUT2D eigenvalue weighted by Gasteiger charge is -2.32. The third kappa shape index (κ3) is 4.76. The van der Waals surface area contributed by atoms with Gasteiger partial charge >= 0.3 is 0 Å². The van der Waals surface area contributed by atoms with Gasteiger partial charge in [-0.3, -0.25) is 4.79 Å². The number of amides is 1. The zero-order valence-electron chi connectivity index (χ0n) is 16.2. The minimum atomic E-state index is -3.33. The lowest BCUT2D eigenvalue weighted by atomic mass is 10.1. The number of piperazine rings is 1. The molecule has 0 aliphatic carbocycles. The smallest absolute Gasteiger partial charge is 0.254 e. The van der Waals surface area contributed by atoms with E-state index in [1.165, 1.54) is 28.3 Å². The fourth-order valence-electron chi connectivity index (χ4n) is 3.55. The first kappa shape index (κ1) is 19.6. The van der Waals surface area contributed by atoms with Crippen LogP contribution in [0.2, 0.25) is 0 Å². The van der Waals surface area contributed by atoms with Crippen LogP contribution in [0.4, 0.5) is 0 Å². The van der Waals surface area contributed by atoms with Crippen molar-refractivity contribution in [2.24, 2.45) is 0 Å². The first-order chi connectivity index (χ1) is 12.7. The molecule has 1 N–H and O–H groups in total. The summed E-state index contributed by atoms with van der Waals surface area (Å²) in [7, 11) is -3.33. The van der Waals surface area contributed by atoms with Gasteiger partial charge in [-0.25, -0.2) is 8.42 Å². The molecule has 0 aromatic heterocycles. The molecule has 144 valence electrons. The minimum absolute atomic E-state index is 0.0763. The highest BCUT2D eigenvalue weighted by Crippen LogP contribution is 2.17. The molecule has 27 heavy (non-hydrogen) atoms. The molecule has 2 aromatic rings. The standard InChI is InChI=1S/C21H26N2O3S/c1-16-5-4-6-18(13-16)15-22-9-11-23(12-10-22)21(24)20-14-19(27(3,25)26)8-7-17(20)2/h4-8,13-14H,9-12,15H2,1-3H3/p+1. The van der Waals surface area contributed by atoms with Gasteiger partial charge in [0.2, 0.25) is 0 Å². The van der Waals surface area contributed by atoms with E-state index in [-0.39, 0.29) is 10.8 Å². The fraction of sp³-hybridized carbons (Fsp3) is 0.381. The van der Waals surface area contributed by atoms with Crippen molar-refractivity contribution in [3.63, 3.8) is 0 Å². The number of rotatable bonds is 4. The largest absolute Gasteiger partial charge is 0.328 e. The number of aryl methyl sites for hydroxylation is 2. The summed E-state index contributed by atoms with van der Waals surface area (Å²) in [5, 5.41) is 0. The zero-order valence-corrected chi connectivity index (χ0v) is 17.0. The van der Waals surface area contributed by atoms with Gasteiger partial charge in [0.15, 0.2) is 9.84 Å². The van der Waals surface area contributed by atoms with Gasteiger partial charge in [-0.05, 0) is 31.5 Å². The van der Waals surface area contributed by atoms with Crippen molar-refractivity contribution in [2.75, 3.05) is 32.4 Å². The number of nitrogens with zero attached hydrogens (tertiary/aromatic N) is 1. The van der Waals surface area contributed by atoms with Gasteiger partial charge < -0.3 is 9.80 Å². The van der Waals surface area contributed by atoms with Gasteiger partial charge in [0.05, 0.1) is 31.1 Å². The Hall–Kier alpha value is -2.18. The topological polar surface area (TPSA) is 58.9 Å². The molecule has 1 heterocycles. The highest BCUT2D eigenvalue weighted by Gasteiger charge is 2.26. The van der Waals surface area contributed by atoms with Gasteiger partial charge in [-0.15, -0.1) is 0 Å². The van der Waals surface area contributed by atoms with Crippen molar-refractivity contribution in [3.05, 3.63) is 64.7 Å². The van der Waals surface area contributed by atoms with Crippen molar-refractivity contribution < 1.29 is 18.1 Å². The van der Waals surface area contributed by atoms with E-state index in [2.05, 4.69) is 31.2 Å². The highest BCUT2D eigenvalue weighted by atomic mass is 32.2. The number of quaternary nitrogens is 1. The van der Waals surface area contributed by atoms with E-state index >= 15 is 0 Å². The summed E-state index contributed by atoms with van der Waals surface area (Å²) in [5.41, 5.74) is 3.88. The zero-order chi connectivity index (χ0) is 19.6. The quantitative estimate of drug-likeness (QED) is 0.859. The van der Waals surface area contributed by atoms with E-state index < -0.39 is 9.84 Å². The number of carbonyl (C=O) groups excluding carboxylic acids is 1. The molecule has 2 aromatic carbocycles. The molecule has 1 amide bonds. The third-order valence-electron chi connectivity index (χ3n) is 5.16. The van der Waals surface area contributed by atoms with Crippen LogP contribution in [-0.2, 0) is 16.4 Å². The summed E-state index contributed by atoms with van der Waals surface area (Å²) in [5.74, 6) is -0.0763. The van der Waals surface area contributed by atoms with E-state index in [0.717, 1.165) is 25.2 Å². The summed E-state index contributed by atoms with van der Waals surface area (Å²) in [6, 6.07) is 13.3. The maximum absolute atomic E-state index is 12.9. The lowest BCUT2D eigenvalue weighted by Crippen LogP contribution is -3.13. The Labute approximate surface area is 161 Å².